The van der Waals surface area contributed by atoms with E-state index >= 15 is 0 Å². The van der Waals surface area contributed by atoms with E-state index in [1.54, 1.807) is 12.1 Å². The molecule has 152 valence electrons. The summed E-state index contributed by atoms with van der Waals surface area (Å²) in [5, 5.41) is 0. The minimum Gasteiger partial charge on any atom is -0.426 e. The summed E-state index contributed by atoms with van der Waals surface area (Å²) < 4.78 is 5.83. The Hall–Kier alpha value is -1.29. The Morgan fingerprint density at radius 1 is 1.04 bits per heavy atom. The maximum atomic E-state index is 13.1. The Balaban J connectivity index is 1.39. The van der Waals surface area contributed by atoms with Crippen LogP contribution < -0.4 is 4.74 Å². The molecule has 1 aliphatic heterocycles. The summed E-state index contributed by atoms with van der Waals surface area (Å²) in [5.74, 6) is 5.24. The van der Waals surface area contributed by atoms with Crippen LogP contribution in [0.15, 0.2) is 24.3 Å². The highest BCUT2D eigenvalue weighted by Gasteiger charge is 2.47. The number of fused-ring (bicyclic) bond motifs is 2. The van der Waals surface area contributed by atoms with E-state index in [0.717, 1.165) is 24.8 Å². The van der Waals surface area contributed by atoms with Gasteiger partial charge < -0.3 is 4.74 Å². The standard InChI is InChI=1S/C24H33O3S/c1-2-24(15-18-6-5-7-19(14-18)16-24)23(26)27-21-10-8-20(9-11-21)22(25)17-28-12-3-4-13-28/h8-11,18-19H,2-7,12-17H2,1H3/q+1. The smallest absolute Gasteiger partial charge is 0.317 e. The van der Waals surface area contributed by atoms with Crippen LogP contribution in [0.4, 0.5) is 0 Å². The number of benzene rings is 1. The lowest BCUT2D eigenvalue weighted by molar-refractivity contribution is -0.151. The molecule has 2 unspecified atom stereocenters. The third kappa shape index (κ3) is 4.32. The topological polar surface area (TPSA) is 43.4 Å². The first-order valence-corrected chi connectivity index (χ1v) is 12.8. The van der Waals surface area contributed by atoms with Crippen molar-refractivity contribution in [2.45, 2.75) is 64.7 Å². The fourth-order valence-corrected chi connectivity index (χ4v) is 7.87. The monoisotopic (exact) mass is 401 g/mol. The van der Waals surface area contributed by atoms with E-state index in [1.165, 1.54) is 50.0 Å². The number of esters is 1. The lowest BCUT2D eigenvalue weighted by atomic mass is 9.60. The van der Waals surface area contributed by atoms with Crippen molar-refractivity contribution in [2.24, 2.45) is 17.3 Å². The summed E-state index contributed by atoms with van der Waals surface area (Å²) in [7, 11) is 0.280. The van der Waals surface area contributed by atoms with Gasteiger partial charge in [-0.25, -0.2) is 0 Å². The molecule has 0 spiro atoms. The van der Waals surface area contributed by atoms with Crippen LogP contribution in [0.5, 0.6) is 5.75 Å². The molecule has 1 saturated heterocycles. The van der Waals surface area contributed by atoms with E-state index in [9.17, 15) is 9.59 Å². The molecule has 4 rings (SSSR count). The molecule has 0 aromatic heterocycles. The molecule has 3 fully saturated rings. The van der Waals surface area contributed by atoms with Gasteiger partial charge in [0.05, 0.1) is 5.41 Å². The van der Waals surface area contributed by atoms with E-state index in [0.29, 0.717) is 23.3 Å². The Morgan fingerprint density at radius 2 is 1.68 bits per heavy atom. The number of hydrogen-bond donors (Lipinski definition) is 0. The molecule has 0 N–H and O–H groups in total. The summed E-state index contributed by atoms with van der Waals surface area (Å²) in [5.41, 5.74) is 0.433. The van der Waals surface area contributed by atoms with Crippen LogP contribution in [0.2, 0.25) is 0 Å². The zero-order valence-corrected chi connectivity index (χ0v) is 17.9. The highest BCUT2D eigenvalue weighted by molar-refractivity contribution is 7.97. The Bertz CT molecular complexity index is 693. The summed E-state index contributed by atoms with van der Waals surface area (Å²) in [6.07, 6.45) is 10.5. The zero-order chi connectivity index (χ0) is 19.6. The van der Waals surface area contributed by atoms with E-state index < -0.39 is 0 Å². The van der Waals surface area contributed by atoms with E-state index in [-0.39, 0.29) is 28.1 Å². The molecular formula is C24H33O3S+. The average Bonchev–Trinajstić information content (AvgIpc) is 3.21. The molecule has 2 aliphatic carbocycles. The van der Waals surface area contributed by atoms with Gasteiger partial charge in [0, 0.05) is 5.56 Å². The van der Waals surface area contributed by atoms with E-state index in [1.807, 2.05) is 12.1 Å². The van der Waals surface area contributed by atoms with Gasteiger partial charge in [0.25, 0.3) is 0 Å². The van der Waals surface area contributed by atoms with Crippen LogP contribution in [-0.2, 0) is 15.7 Å². The van der Waals surface area contributed by atoms with Gasteiger partial charge in [0.15, 0.2) is 5.75 Å². The molecular weight excluding hydrogens is 368 g/mol. The van der Waals surface area contributed by atoms with Gasteiger partial charge in [-0.05, 0) is 85.5 Å². The van der Waals surface area contributed by atoms with Gasteiger partial charge >= 0.3 is 5.97 Å². The van der Waals surface area contributed by atoms with Gasteiger partial charge in [-0.1, -0.05) is 26.2 Å². The normalized spacial score (nSPS) is 30.2. The number of ether oxygens (including phenoxy) is 1. The van der Waals surface area contributed by atoms with Crippen molar-refractivity contribution >= 4 is 22.6 Å². The second kappa shape index (κ2) is 8.61. The molecule has 2 bridgehead atoms. The highest BCUT2D eigenvalue weighted by Crippen LogP contribution is 2.51. The van der Waals surface area contributed by atoms with Crippen molar-refractivity contribution in [3.05, 3.63) is 29.8 Å². The van der Waals surface area contributed by atoms with Crippen molar-refractivity contribution in [1.29, 1.82) is 0 Å². The van der Waals surface area contributed by atoms with Crippen molar-refractivity contribution in [1.82, 2.24) is 0 Å². The Kier molecular flexibility index (Phi) is 6.15. The van der Waals surface area contributed by atoms with Crippen molar-refractivity contribution < 1.29 is 14.3 Å². The van der Waals surface area contributed by atoms with Gasteiger partial charge in [0.1, 0.15) is 17.3 Å². The second-order valence-corrected chi connectivity index (χ2v) is 11.5. The van der Waals surface area contributed by atoms with Crippen molar-refractivity contribution in [3.8, 4) is 5.75 Å². The van der Waals surface area contributed by atoms with Crippen LogP contribution in [0, 0.1) is 17.3 Å². The minimum absolute atomic E-state index is 0.0573. The van der Waals surface area contributed by atoms with Crippen LogP contribution in [0.1, 0.15) is 75.1 Å². The van der Waals surface area contributed by atoms with Crippen LogP contribution in [0.25, 0.3) is 0 Å². The van der Waals surface area contributed by atoms with Crippen molar-refractivity contribution in [3.63, 3.8) is 0 Å². The lowest BCUT2D eigenvalue weighted by Crippen LogP contribution is -2.43. The van der Waals surface area contributed by atoms with Crippen LogP contribution in [-0.4, -0.2) is 29.0 Å². The predicted octanol–water partition coefficient (Wildman–Crippen LogP) is 5.18. The molecule has 3 nitrogen and oxygen atoms in total. The highest BCUT2D eigenvalue weighted by atomic mass is 32.2. The molecule has 1 aromatic rings. The summed E-state index contributed by atoms with van der Waals surface area (Å²) in [6.45, 7) is 2.13. The third-order valence-corrected chi connectivity index (χ3v) is 9.60. The fraction of sp³-hybridized carbons (Fsp3) is 0.667. The average molecular weight is 402 g/mol. The van der Waals surface area contributed by atoms with Crippen molar-refractivity contribution in [2.75, 3.05) is 17.3 Å². The first-order valence-electron chi connectivity index (χ1n) is 11.1. The maximum Gasteiger partial charge on any atom is 0.317 e. The second-order valence-electron chi connectivity index (χ2n) is 9.15. The molecule has 1 aromatic carbocycles. The van der Waals surface area contributed by atoms with Gasteiger partial charge in [-0.2, -0.15) is 0 Å². The molecule has 2 atom stereocenters. The summed E-state index contributed by atoms with van der Waals surface area (Å²) in [4.78, 5) is 25.6. The third-order valence-electron chi connectivity index (χ3n) is 7.20. The quantitative estimate of drug-likeness (QED) is 0.285. The Labute approximate surface area is 172 Å². The van der Waals surface area contributed by atoms with E-state index in [4.69, 9.17) is 4.74 Å². The SMILES string of the molecule is CCC1(C(=O)Oc2ccc(C(=O)C[S+]3CCCC3)cc2)CC2CCCC(C2)C1. The summed E-state index contributed by atoms with van der Waals surface area (Å²) in [6, 6.07) is 7.27. The first kappa shape index (κ1) is 20.0. The number of carbonyl (C=O) groups excluding carboxylic acids is 2. The first-order chi connectivity index (χ1) is 13.6. The van der Waals surface area contributed by atoms with Gasteiger partial charge in [-0.15, -0.1) is 0 Å². The molecule has 3 aliphatic rings. The lowest BCUT2D eigenvalue weighted by Gasteiger charge is -2.45. The van der Waals surface area contributed by atoms with E-state index in [2.05, 4.69) is 6.92 Å². The van der Waals surface area contributed by atoms with Crippen LogP contribution in [0.3, 0.4) is 0 Å². The fourth-order valence-electron chi connectivity index (χ4n) is 5.61. The largest absolute Gasteiger partial charge is 0.426 e. The minimum atomic E-state index is -0.313. The molecule has 28 heavy (non-hydrogen) atoms. The molecule has 0 amide bonds. The maximum absolute atomic E-state index is 13.1. The Morgan fingerprint density at radius 3 is 2.29 bits per heavy atom. The number of carbonyl (C=O) groups is 2. The number of ketones is 1. The number of Topliss-reactive ketones (excluding diaryl/α,β-unsaturated/α-hetero) is 1. The van der Waals surface area contributed by atoms with Gasteiger partial charge in [0.2, 0.25) is 5.78 Å². The van der Waals surface area contributed by atoms with Crippen LogP contribution >= 0.6 is 0 Å². The molecule has 2 saturated carbocycles. The number of hydrogen-bond acceptors (Lipinski definition) is 3. The number of rotatable bonds is 6. The molecule has 1 heterocycles. The molecule has 0 radical (unpaired) electrons. The summed E-state index contributed by atoms with van der Waals surface area (Å²) >= 11 is 0. The van der Waals surface area contributed by atoms with Gasteiger partial charge in [-0.3, -0.25) is 9.59 Å². The molecule has 4 heteroatoms. The zero-order valence-electron chi connectivity index (χ0n) is 17.1. The predicted molar refractivity (Wildman–Crippen MR) is 115 cm³/mol.